The van der Waals surface area contributed by atoms with Crippen LogP contribution in [0.15, 0.2) is 75.3 Å². The summed E-state index contributed by atoms with van der Waals surface area (Å²) in [5, 5.41) is 27.2. The smallest absolute Gasteiger partial charge is 0.257 e. The molecule has 3 aromatic heterocycles. The van der Waals surface area contributed by atoms with E-state index in [1.165, 1.54) is 25.5 Å². The first-order valence-corrected chi connectivity index (χ1v) is 16.3. The summed E-state index contributed by atoms with van der Waals surface area (Å²) in [6, 6.07) is 13.6. The SMILES string of the molecule is CN(C)C(=O)c1ccc(/N=N/c2c(C(C)(C)C)nn(-c3ncnc(-n4nc(C(C)(C)C)c(/N=N/c5ccc(C(=O)N(C)C)cc5)c4N)n3)c2N)cc1. The van der Waals surface area contributed by atoms with Gasteiger partial charge in [-0.3, -0.25) is 9.59 Å². The second-order valence-corrected chi connectivity index (χ2v) is 14.5. The number of nitrogen functional groups attached to an aromatic ring is 2. The minimum absolute atomic E-state index is 0.101. The van der Waals surface area contributed by atoms with Crippen LogP contribution in [0, 0.1) is 0 Å². The Kier molecular flexibility index (Phi) is 9.99. The van der Waals surface area contributed by atoms with Gasteiger partial charge in [-0.15, -0.1) is 10.2 Å². The molecule has 0 unspecified atom stereocenters. The van der Waals surface area contributed by atoms with E-state index in [2.05, 4.69) is 35.4 Å². The van der Waals surface area contributed by atoms with Crippen molar-refractivity contribution in [3.05, 3.63) is 77.4 Å². The van der Waals surface area contributed by atoms with Gasteiger partial charge in [-0.05, 0) is 48.5 Å². The van der Waals surface area contributed by atoms with Gasteiger partial charge in [0.05, 0.1) is 22.8 Å². The van der Waals surface area contributed by atoms with Gasteiger partial charge in [0, 0.05) is 50.1 Å². The molecule has 5 rings (SSSR count). The molecule has 2 amide bonds. The average Bonchev–Trinajstić information content (AvgIpc) is 3.62. The molecule has 5 aromatic rings. The van der Waals surface area contributed by atoms with Crippen molar-refractivity contribution in [1.29, 1.82) is 0 Å². The van der Waals surface area contributed by atoms with E-state index < -0.39 is 10.8 Å². The van der Waals surface area contributed by atoms with Crippen molar-refractivity contribution in [3.63, 3.8) is 0 Å². The van der Waals surface area contributed by atoms with Crippen molar-refractivity contribution in [3.8, 4) is 11.9 Å². The van der Waals surface area contributed by atoms with Crippen LogP contribution in [0.4, 0.5) is 34.4 Å². The van der Waals surface area contributed by atoms with Crippen molar-refractivity contribution in [2.45, 2.75) is 52.4 Å². The maximum Gasteiger partial charge on any atom is 0.257 e. The summed E-state index contributed by atoms with van der Waals surface area (Å²) >= 11 is 0. The van der Waals surface area contributed by atoms with Gasteiger partial charge in [0.1, 0.15) is 6.33 Å². The van der Waals surface area contributed by atoms with E-state index in [-0.39, 0.29) is 35.3 Å². The van der Waals surface area contributed by atoms with Crippen molar-refractivity contribution in [1.82, 2.24) is 44.3 Å². The number of amides is 2. The number of anilines is 2. The lowest BCUT2D eigenvalue weighted by atomic mass is 9.91. The van der Waals surface area contributed by atoms with E-state index in [1.807, 2.05) is 41.5 Å². The van der Waals surface area contributed by atoms with Gasteiger partial charge >= 0.3 is 0 Å². The molecule has 0 aliphatic rings. The number of benzene rings is 2. The van der Waals surface area contributed by atoms with Crippen LogP contribution in [0.2, 0.25) is 0 Å². The first-order valence-electron chi connectivity index (χ1n) is 16.3. The van der Waals surface area contributed by atoms with Crippen LogP contribution in [0.25, 0.3) is 11.9 Å². The maximum atomic E-state index is 12.3. The minimum Gasteiger partial charge on any atom is -0.382 e. The summed E-state index contributed by atoms with van der Waals surface area (Å²) in [5.41, 5.74) is 16.2. The summed E-state index contributed by atoms with van der Waals surface area (Å²) in [4.78, 5) is 40.9. The molecule has 0 bridgehead atoms. The van der Waals surface area contributed by atoms with Crippen LogP contribution in [0.1, 0.15) is 73.6 Å². The summed E-state index contributed by atoms with van der Waals surface area (Å²) < 4.78 is 2.74. The minimum atomic E-state index is -0.484. The molecular weight excluding hydrogens is 662 g/mol. The van der Waals surface area contributed by atoms with Crippen LogP contribution in [0.3, 0.4) is 0 Å². The van der Waals surface area contributed by atoms with Crippen molar-refractivity contribution < 1.29 is 9.59 Å². The Bertz CT molecular complexity index is 2010. The largest absolute Gasteiger partial charge is 0.382 e. The Hall–Kier alpha value is -6.39. The fourth-order valence-corrected chi connectivity index (χ4v) is 4.91. The highest BCUT2D eigenvalue weighted by molar-refractivity contribution is 5.94. The number of aromatic nitrogens is 7. The molecule has 270 valence electrons. The van der Waals surface area contributed by atoms with Gasteiger partial charge in [-0.1, -0.05) is 41.5 Å². The first-order chi connectivity index (χ1) is 24.4. The second-order valence-electron chi connectivity index (χ2n) is 14.5. The van der Waals surface area contributed by atoms with Crippen LogP contribution >= 0.6 is 0 Å². The number of carbonyl (C=O) groups excluding carboxylic acids is 2. The molecule has 4 N–H and O–H groups in total. The monoisotopic (exact) mass is 705 g/mol. The number of hydrogen-bond acceptors (Lipinski definition) is 13. The quantitative estimate of drug-likeness (QED) is 0.174. The summed E-state index contributed by atoms with van der Waals surface area (Å²) in [6.07, 6.45) is 1.31. The van der Waals surface area contributed by atoms with E-state index in [9.17, 15) is 9.59 Å². The highest BCUT2D eigenvalue weighted by atomic mass is 16.2. The van der Waals surface area contributed by atoms with Crippen LogP contribution < -0.4 is 11.5 Å². The van der Waals surface area contributed by atoms with Gasteiger partial charge in [-0.25, -0.2) is 0 Å². The predicted molar refractivity (Wildman–Crippen MR) is 198 cm³/mol. The molecular formula is C35H43N15O2. The summed E-state index contributed by atoms with van der Waals surface area (Å²) in [6.45, 7) is 11.9. The van der Waals surface area contributed by atoms with Gasteiger partial charge in [0.15, 0.2) is 23.0 Å². The standard InChI is InChI=1S/C35H43N15O2/c1-34(2,3)26-24(43-41-22-15-11-20(12-16-22)30(51)47(7)8)28(36)49(45-26)32-38-19-39-33(40-32)50-29(37)25(27(46-50)35(4,5)6)44-42-23-17-13-21(14-18-23)31(52)48(9)10/h11-19H,36-37H2,1-10H3/b43-41+,44-42+. The number of nitrogens with two attached hydrogens (primary N) is 2. The van der Waals surface area contributed by atoms with Gasteiger partial charge in [-0.2, -0.15) is 44.7 Å². The molecule has 2 aromatic carbocycles. The van der Waals surface area contributed by atoms with Crippen molar-refractivity contribution in [2.24, 2.45) is 20.5 Å². The highest BCUT2D eigenvalue weighted by Crippen LogP contribution is 2.39. The average molecular weight is 706 g/mol. The predicted octanol–water partition coefficient (Wildman–Crippen LogP) is 6.24. The summed E-state index contributed by atoms with van der Waals surface area (Å²) in [5.74, 6) is 0.277. The Morgan fingerprint density at radius 3 is 1.25 bits per heavy atom. The van der Waals surface area contributed by atoms with E-state index in [4.69, 9.17) is 21.7 Å². The molecule has 0 radical (unpaired) electrons. The van der Waals surface area contributed by atoms with Gasteiger partial charge in [0.25, 0.3) is 23.7 Å². The number of rotatable bonds is 8. The third-order valence-electron chi connectivity index (χ3n) is 7.71. The van der Waals surface area contributed by atoms with Crippen LogP contribution in [0.5, 0.6) is 0 Å². The number of azo groups is 2. The highest BCUT2D eigenvalue weighted by Gasteiger charge is 2.30. The maximum absolute atomic E-state index is 12.3. The van der Waals surface area contributed by atoms with E-state index in [1.54, 1.807) is 76.7 Å². The molecule has 17 heteroatoms. The molecule has 3 heterocycles. The van der Waals surface area contributed by atoms with Crippen LogP contribution in [-0.4, -0.2) is 84.3 Å². The lowest BCUT2D eigenvalue weighted by molar-refractivity contribution is 0.0820. The zero-order valence-electron chi connectivity index (χ0n) is 31.0. The molecule has 0 spiro atoms. The van der Waals surface area contributed by atoms with Gasteiger partial charge < -0.3 is 21.3 Å². The normalized spacial score (nSPS) is 12.2. The number of nitrogens with zero attached hydrogens (tertiary/aromatic N) is 13. The number of carbonyl (C=O) groups is 2. The first kappa shape index (κ1) is 36.9. The Morgan fingerprint density at radius 2 is 0.942 bits per heavy atom. The third kappa shape index (κ3) is 7.67. The molecule has 17 nitrogen and oxygen atoms in total. The van der Waals surface area contributed by atoms with E-state index in [0.29, 0.717) is 45.3 Å². The summed E-state index contributed by atoms with van der Waals surface area (Å²) in [7, 11) is 6.77. The van der Waals surface area contributed by atoms with Crippen molar-refractivity contribution in [2.75, 3.05) is 39.7 Å². The zero-order chi connectivity index (χ0) is 38.1. The molecule has 0 saturated carbocycles. The lowest BCUT2D eigenvalue weighted by Crippen LogP contribution is -2.21. The zero-order valence-corrected chi connectivity index (χ0v) is 31.0. The third-order valence-corrected chi connectivity index (χ3v) is 7.71. The molecule has 52 heavy (non-hydrogen) atoms. The fraction of sp³-hybridized carbons (Fsp3) is 0.343. The Balaban J connectivity index is 1.51. The fourth-order valence-electron chi connectivity index (χ4n) is 4.91. The van der Waals surface area contributed by atoms with Gasteiger partial charge in [0.2, 0.25) is 0 Å². The van der Waals surface area contributed by atoms with E-state index in [0.717, 1.165) is 0 Å². The van der Waals surface area contributed by atoms with E-state index >= 15 is 0 Å². The molecule has 0 aliphatic carbocycles. The molecule has 0 saturated heterocycles. The second kappa shape index (κ2) is 14.1. The number of hydrogen-bond donors (Lipinski definition) is 2. The molecule has 0 fully saturated rings. The Morgan fingerprint density at radius 1 is 0.596 bits per heavy atom. The van der Waals surface area contributed by atoms with Crippen molar-refractivity contribution >= 4 is 46.2 Å². The lowest BCUT2D eigenvalue weighted by Gasteiger charge is -2.15. The van der Waals surface area contributed by atoms with Crippen LogP contribution in [-0.2, 0) is 10.8 Å². The topological polar surface area (TPSA) is 216 Å². The molecule has 0 aliphatic heterocycles. The molecule has 0 atom stereocenters. The Labute approximate surface area is 301 Å².